The van der Waals surface area contributed by atoms with Crippen molar-refractivity contribution < 1.29 is 9.53 Å². The lowest BCUT2D eigenvalue weighted by Crippen LogP contribution is -2.44. The van der Waals surface area contributed by atoms with Crippen molar-refractivity contribution in [3.63, 3.8) is 0 Å². The molecule has 2 fully saturated rings. The van der Waals surface area contributed by atoms with E-state index in [0.29, 0.717) is 19.1 Å². The first-order valence-corrected chi connectivity index (χ1v) is 8.30. The van der Waals surface area contributed by atoms with Gasteiger partial charge in [-0.05, 0) is 12.8 Å². The molecule has 0 saturated carbocycles. The van der Waals surface area contributed by atoms with Crippen LogP contribution in [-0.4, -0.2) is 71.1 Å². The van der Waals surface area contributed by atoms with Crippen molar-refractivity contribution in [2.45, 2.75) is 25.4 Å². The molecule has 0 radical (unpaired) electrons. The number of aromatic nitrogens is 2. The van der Waals surface area contributed by atoms with Crippen LogP contribution < -0.4 is 5.73 Å². The first-order chi connectivity index (χ1) is 11.2. The predicted octanol–water partition coefficient (Wildman–Crippen LogP) is -0.125. The SMILES string of the molecule is NC(=O)C1CN(Cc2cnccn2)CCN(C2CCOCC2)C1. The van der Waals surface area contributed by atoms with Crippen molar-refractivity contribution in [1.29, 1.82) is 0 Å². The number of rotatable bonds is 4. The predicted molar refractivity (Wildman–Crippen MR) is 85.4 cm³/mol. The number of primary amides is 1. The van der Waals surface area contributed by atoms with Gasteiger partial charge in [-0.2, -0.15) is 0 Å². The molecule has 0 aliphatic carbocycles. The number of amides is 1. The molecule has 2 aliphatic heterocycles. The molecule has 7 heteroatoms. The van der Waals surface area contributed by atoms with Gasteiger partial charge >= 0.3 is 0 Å². The standard InChI is InChI=1S/C16H25N5O2/c17-16(22)13-10-20(12-14-9-18-3-4-19-14)5-6-21(11-13)15-1-7-23-8-2-15/h3-4,9,13,15H,1-2,5-8,10-12H2,(H2,17,22). The Morgan fingerprint density at radius 3 is 2.78 bits per heavy atom. The Labute approximate surface area is 136 Å². The van der Waals surface area contributed by atoms with Crippen molar-refractivity contribution in [3.05, 3.63) is 24.3 Å². The molecule has 1 amide bonds. The van der Waals surface area contributed by atoms with E-state index in [1.54, 1.807) is 18.6 Å². The maximum atomic E-state index is 11.8. The van der Waals surface area contributed by atoms with Gasteiger partial charge in [0, 0.05) is 70.6 Å². The van der Waals surface area contributed by atoms with Crippen LogP contribution in [0.5, 0.6) is 0 Å². The molecule has 2 aliphatic rings. The average molecular weight is 319 g/mol. The van der Waals surface area contributed by atoms with Gasteiger partial charge in [0.05, 0.1) is 11.6 Å². The van der Waals surface area contributed by atoms with Crippen LogP contribution in [0.15, 0.2) is 18.6 Å². The van der Waals surface area contributed by atoms with Gasteiger partial charge in [0.15, 0.2) is 0 Å². The van der Waals surface area contributed by atoms with Crippen molar-refractivity contribution in [1.82, 2.24) is 19.8 Å². The zero-order chi connectivity index (χ0) is 16.1. The third kappa shape index (κ3) is 4.46. The van der Waals surface area contributed by atoms with Crippen molar-refractivity contribution >= 4 is 5.91 Å². The topological polar surface area (TPSA) is 84.6 Å². The lowest BCUT2D eigenvalue weighted by molar-refractivity contribution is -0.122. The Morgan fingerprint density at radius 1 is 1.26 bits per heavy atom. The van der Waals surface area contributed by atoms with Gasteiger partial charge < -0.3 is 10.5 Å². The van der Waals surface area contributed by atoms with Gasteiger partial charge in [-0.15, -0.1) is 0 Å². The highest BCUT2D eigenvalue weighted by Gasteiger charge is 2.31. The summed E-state index contributed by atoms with van der Waals surface area (Å²) in [5.41, 5.74) is 6.57. The number of ether oxygens (including phenoxy) is 1. The third-order valence-corrected chi connectivity index (χ3v) is 4.75. The highest BCUT2D eigenvalue weighted by Crippen LogP contribution is 2.19. The molecular formula is C16H25N5O2. The quantitative estimate of drug-likeness (QED) is 0.832. The second-order valence-corrected chi connectivity index (χ2v) is 6.37. The summed E-state index contributed by atoms with van der Waals surface area (Å²) in [5.74, 6) is -0.356. The lowest BCUT2D eigenvalue weighted by atomic mass is 10.0. The van der Waals surface area contributed by atoms with E-state index in [9.17, 15) is 4.79 Å². The van der Waals surface area contributed by atoms with Gasteiger partial charge in [0.2, 0.25) is 5.91 Å². The zero-order valence-corrected chi connectivity index (χ0v) is 13.4. The van der Waals surface area contributed by atoms with E-state index in [2.05, 4.69) is 19.8 Å². The van der Waals surface area contributed by atoms with Crippen LogP contribution in [0.1, 0.15) is 18.5 Å². The highest BCUT2D eigenvalue weighted by atomic mass is 16.5. The normalized spacial score (nSPS) is 25.1. The molecule has 1 aromatic heterocycles. The molecule has 23 heavy (non-hydrogen) atoms. The van der Waals surface area contributed by atoms with Crippen LogP contribution in [-0.2, 0) is 16.1 Å². The summed E-state index contributed by atoms with van der Waals surface area (Å²) in [6.07, 6.45) is 7.23. The van der Waals surface area contributed by atoms with E-state index in [-0.39, 0.29) is 11.8 Å². The summed E-state index contributed by atoms with van der Waals surface area (Å²) >= 11 is 0. The maximum Gasteiger partial charge on any atom is 0.223 e. The second kappa shape index (κ2) is 7.81. The Bertz CT molecular complexity index is 506. The van der Waals surface area contributed by atoms with Crippen molar-refractivity contribution in [2.75, 3.05) is 39.4 Å². The fraction of sp³-hybridized carbons (Fsp3) is 0.688. The summed E-state index contributed by atoms with van der Waals surface area (Å²) in [4.78, 5) is 25.0. The minimum absolute atomic E-state index is 0.142. The number of hydrogen-bond donors (Lipinski definition) is 1. The van der Waals surface area contributed by atoms with Gasteiger partial charge in [-0.3, -0.25) is 24.6 Å². The molecule has 2 saturated heterocycles. The summed E-state index contributed by atoms with van der Waals surface area (Å²) in [7, 11) is 0. The molecule has 1 unspecified atom stereocenters. The van der Waals surface area contributed by atoms with Crippen molar-refractivity contribution in [3.8, 4) is 0 Å². The average Bonchev–Trinajstić information content (AvgIpc) is 2.80. The maximum absolute atomic E-state index is 11.8. The monoisotopic (exact) mass is 319 g/mol. The molecule has 2 N–H and O–H groups in total. The zero-order valence-electron chi connectivity index (χ0n) is 13.4. The molecule has 7 nitrogen and oxygen atoms in total. The first kappa shape index (κ1) is 16.3. The molecule has 0 aromatic carbocycles. The molecule has 3 rings (SSSR count). The molecule has 3 heterocycles. The molecular weight excluding hydrogens is 294 g/mol. The molecule has 1 aromatic rings. The number of nitrogens with two attached hydrogens (primary N) is 1. The molecule has 0 bridgehead atoms. The summed E-state index contributed by atoms with van der Waals surface area (Å²) in [6.45, 7) is 5.63. The molecule has 126 valence electrons. The fourth-order valence-corrected chi connectivity index (χ4v) is 3.45. The van der Waals surface area contributed by atoms with E-state index in [1.165, 1.54) is 0 Å². The van der Waals surface area contributed by atoms with Crippen molar-refractivity contribution in [2.24, 2.45) is 11.7 Å². The summed E-state index contributed by atoms with van der Waals surface area (Å²) in [6, 6.07) is 0.502. The summed E-state index contributed by atoms with van der Waals surface area (Å²) < 4.78 is 5.45. The minimum atomic E-state index is -0.215. The number of nitrogens with zero attached hydrogens (tertiary/aromatic N) is 4. The van der Waals surface area contributed by atoms with Gasteiger partial charge in [0.1, 0.15) is 0 Å². The Kier molecular flexibility index (Phi) is 5.53. The number of hydrogen-bond acceptors (Lipinski definition) is 6. The van der Waals surface area contributed by atoms with Crippen LogP contribution in [0.3, 0.4) is 0 Å². The van der Waals surface area contributed by atoms with Crippen LogP contribution in [0.4, 0.5) is 0 Å². The number of carbonyl (C=O) groups is 1. The van der Waals surface area contributed by atoms with Crippen LogP contribution in [0.25, 0.3) is 0 Å². The van der Waals surface area contributed by atoms with Crippen LogP contribution >= 0.6 is 0 Å². The minimum Gasteiger partial charge on any atom is -0.381 e. The molecule has 1 atom stereocenters. The van der Waals surface area contributed by atoms with E-state index >= 15 is 0 Å². The van der Waals surface area contributed by atoms with E-state index in [1.807, 2.05) is 0 Å². The fourth-order valence-electron chi connectivity index (χ4n) is 3.45. The van der Waals surface area contributed by atoms with E-state index in [4.69, 9.17) is 10.5 Å². The largest absolute Gasteiger partial charge is 0.381 e. The Morgan fingerprint density at radius 2 is 2.09 bits per heavy atom. The molecule has 0 spiro atoms. The van der Waals surface area contributed by atoms with Gasteiger partial charge in [-0.1, -0.05) is 0 Å². The smallest absolute Gasteiger partial charge is 0.223 e. The Balaban J connectivity index is 1.66. The highest BCUT2D eigenvalue weighted by molar-refractivity contribution is 5.77. The number of carbonyl (C=O) groups excluding carboxylic acids is 1. The van der Waals surface area contributed by atoms with Crippen LogP contribution in [0, 0.1) is 5.92 Å². The van der Waals surface area contributed by atoms with E-state index < -0.39 is 0 Å². The summed E-state index contributed by atoms with van der Waals surface area (Å²) in [5, 5.41) is 0. The second-order valence-electron chi connectivity index (χ2n) is 6.37. The third-order valence-electron chi connectivity index (χ3n) is 4.75. The van der Waals surface area contributed by atoms with Crippen LogP contribution in [0.2, 0.25) is 0 Å². The van der Waals surface area contributed by atoms with E-state index in [0.717, 1.165) is 51.4 Å². The van der Waals surface area contributed by atoms with Gasteiger partial charge in [-0.25, -0.2) is 0 Å². The van der Waals surface area contributed by atoms with Gasteiger partial charge in [0.25, 0.3) is 0 Å². The Hall–Kier alpha value is -1.57. The first-order valence-electron chi connectivity index (χ1n) is 8.30. The lowest BCUT2D eigenvalue weighted by Gasteiger charge is -2.34.